The Balaban J connectivity index is 1.51. The number of aryl methyl sites for hydroxylation is 2. The van der Waals surface area contributed by atoms with E-state index in [9.17, 15) is 4.79 Å². The van der Waals surface area contributed by atoms with E-state index in [0.717, 1.165) is 70.2 Å². The number of aromatic nitrogens is 2. The number of carbonyl (C=O) groups excluding carboxylic acids is 1. The Bertz CT molecular complexity index is 707. The minimum atomic E-state index is 0.152. The summed E-state index contributed by atoms with van der Waals surface area (Å²) in [5, 5.41) is 4.53. The molecule has 3 aliphatic rings. The molecule has 1 aliphatic carbocycles. The van der Waals surface area contributed by atoms with Crippen LogP contribution in [0.15, 0.2) is 6.07 Å². The maximum absolute atomic E-state index is 13.3. The van der Waals surface area contributed by atoms with Gasteiger partial charge in [0.1, 0.15) is 5.69 Å². The summed E-state index contributed by atoms with van der Waals surface area (Å²) < 4.78 is 7.29. The van der Waals surface area contributed by atoms with Gasteiger partial charge < -0.3 is 9.64 Å². The maximum Gasteiger partial charge on any atom is 0.272 e. The predicted octanol–water partition coefficient (Wildman–Crippen LogP) is 2.19. The molecule has 0 aromatic carbocycles. The van der Waals surface area contributed by atoms with Crippen molar-refractivity contribution in [3.05, 3.63) is 17.5 Å². The van der Waals surface area contributed by atoms with Gasteiger partial charge in [-0.1, -0.05) is 27.2 Å². The van der Waals surface area contributed by atoms with Gasteiger partial charge in [0.2, 0.25) is 0 Å². The van der Waals surface area contributed by atoms with Crippen LogP contribution < -0.4 is 0 Å². The second kappa shape index (κ2) is 6.89. The predicted molar refractivity (Wildman–Crippen MR) is 105 cm³/mol. The Morgan fingerprint density at radius 1 is 1.33 bits per heavy atom. The van der Waals surface area contributed by atoms with Crippen LogP contribution in [-0.2, 0) is 18.2 Å². The van der Waals surface area contributed by atoms with Crippen molar-refractivity contribution in [1.82, 2.24) is 19.6 Å². The number of morpholine rings is 1. The van der Waals surface area contributed by atoms with E-state index in [-0.39, 0.29) is 11.3 Å². The molecule has 0 unspecified atom stereocenters. The lowest BCUT2D eigenvalue weighted by atomic mass is 9.48. The second-order valence-corrected chi connectivity index (χ2v) is 9.55. The minimum absolute atomic E-state index is 0.152. The maximum atomic E-state index is 13.3. The van der Waals surface area contributed by atoms with Gasteiger partial charge in [0, 0.05) is 45.2 Å². The van der Waals surface area contributed by atoms with Crippen LogP contribution in [0.4, 0.5) is 0 Å². The summed E-state index contributed by atoms with van der Waals surface area (Å²) in [4.78, 5) is 17.9. The number of likely N-dealkylation sites (tertiary alicyclic amines) is 1. The van der Waals surface area contributed by atoms with Crippen molar-refractivity contribution in [1.29, 1.82) is 0 Å². The molecule has 6 nitrogen and oxygen atoms in total. The van der Waals surface area contributed by atoms with Crippen LogP contribution in [0, 0.1) is 16.7 Å². The number of ether oxygens (including phenoxy) is 1. The van der Waals surface area contributed by atoms with E-state index in [1.165, 1.54) is 6.42 Å². The van der Waals surface area contributed by atoms with Crippen LogP contribution in [0.1, 0.15) is 49.8 Å². The Morgan fingerprint density at radius 2 is 2.07 bits per heavy atom. The monoisotopic (exact) mass is 374 g/mol. The van der Waals surface area contributed by atoms with Crippen molar-refractivity contribution in [2.24, 2.45) is 23.8 Å². The Kier molecular flexibility index (Phi) is 4.83. The highest BCUT2D eigenvalue weighted by atomic mass is 16.5. The zero-order valence-corrected chi connectivity index (χ0v) is 17.3. The highest BCUT2D eigenvalue weighted by Gasteiger charge is 2.63. The van der Waals surface area contributed by atoms with Gasteiger partial charge in [0.15, 0.2) is 0 Å². The van der Waals surface area contributed by atoms with E-state index in [1.807, 2.05) is 13.1 Å². The molecule has 3 heterocycles. The molecule has 0 bridgehead atoms. The summed E-state index contributed by atoms with van der Waals surface area (Å²) in [7, 11) is 1.89. The minimum Gasteiger partial charge on any atom is -0.379 e. The first-order valence-electron chi connectivity index (χ1n) is 10.5. The largest absolute Gasteiger partial charge is 0.379 e. The quantitative estimate of drug-likeness (QED) is 0.793. The van der Waals surface area contributed by atoms with Gasteiger partial charge >= 0.3 is 0 Å². The number of rotatable bonds is 5. The topological polar surface area (TPSA) is 50.6 Å². The molecular formula is C21H34N4O2. The fourth-order valence-corrected chi connectivity index (χ4v) is 5.97. The summed E-state index contributed by atoms with van der Waals surface area (Å²) in [5.74, 6) is 0.735. The smallest absolute Gasteiger partial charge is 0.272 e. The van der Waals surface area contributed by atoms with Gasteiger partial charge in [0.05, 0.1) is 18.9 Å². The zero-order valence-electron chi connectivity index (χ0n) is 17.3. The van der Waals surface area contributed by atoms with E-state index in [1.54, 1.807) is 4.68 Å². The van der Waals surface area contributed by atoms with Crippen molar-refractivity contribution in [2.75, 3.05) is 45.9 Å². The van der Waals surface area contributed by atoms with E-state index < -0.39 is 0 Å². The Morgan fingerprint density at radius 3 is 2.74 bits per heavy atom. The summed E-state index contributed by atoms with van der Waals surface area (Å²) in [6.07, 6.45) is 3.18. The number of nitrogens with zero attached hydrogens (tertiary/aromatic N) is 4. The van der Waals surface area contributed by atoms with Crippen molar-refractivity contribution in [3.8, 4) is 0 Å². The number of fused-ring (bicyclic) bond motifs is 1. The Labute approximate surface area is 162 Å². The molecule has 0 spiro atoms. The molecule has 150 valence electrons. The van der Waals surface area contributed by atoms with E-state index in [2.05, 4.69) is 35.7 Å². The van der Waals surface area contributed by atoms with Gasteiger partial charge in [0.25, 0.3) is 5.91 Å². The average Bonchev–Trinajstić information content (AvgIpc) is 3.14. The molecule has 2 aliphatic heterocycles. The van der Waals surface area contributed by atoms with Crippen LogP contribution >= 0.6 is 0 Å². The van der Waals surface area contributed by atoms with E-state index in [0.29, 0.717) is 11.3 Å². The highest BCUT2D eigenvalue weighted by Crippen LogP contribution is 2.63. The molecule has 2 atom stereocenters. The first-order valence-corrected chi connectivity index (χ1v) is 10.5. The van der Waals surface area contributed by atoms with Crippen molar-refractivity contribution < 1.29 is 9.53 Å². The van der Waals surface area contributed by atoms with Gasteiger partial charge in [-0.25, -0.2) is 0 Å². The van der Waals surface area contributed by atoms with Crippen LogP contribution in [0.5, 0.6) is 0 Å². The molecule has 3 fully saturated rings. The standard InChI is InChI=1S/C21H34N4O2/c1-5-6-16-11-17(23(4)22-16)19(26)25-12-18-20(2,3)13-21(18,15-25)14-24-7-9-27-10-8-24/h11,18H,5-10,12-15H2,1-4H3/t18-,21+/m1/s1. The molecule has 0 radical (unpaired) electrons. The second-order valence-electron chi connectivity index (χ2n) is 9.55. The average molecular weight is 375 g/mol. The summed E-state index contributed by atoms with van der Waals surface area (Å²) in [6.45, 7) is 13.4. The number of hydrogen-bond donors (Lipinski definition) is 0. The van der Waals surface area contributed by atoms with Crippen molar-refractivity contribution >= 4 is 5.91 Å². The number of hydrogen-bond acceptors (Lipinski definition) is 4. The molecular weight excluding hydrogens is 340 g/mol. The molecule has 1 aromatic rings. The van der Waals surface area contributed by atoms with Crippen LogP contribution in [0.3, 0.4) is 0 Å². The number of carbonyl (C=O) groups is 1. The van der Waals surface area contributed by atoms with Crippen molar-refractivity contribution in [2.45, 2.75) is 40.0 Å². The lowest BCUT2D eigenvalue weighted by molar-refractivity contribution is -0.0966. The van der Waals surface area contributed by atoms with Gasteiger partial charge in [-0.3, -0.25) is 14.4 Å². The van der Waals surface area contributed by atoms with Crippen LogP contribution in [-0.4, -0.2) is 71.4 Å². The van der Waals surface area contributed by atoms with Gasteiger partial charge in [-0.15, -0.1) is 0 Å². The molecule has 2 saturated heterocycles. The summed E-state index contributed by atoms with van der Waals surface area (Å²) >= 11 is 0. The zero-order chi connectivity index (χ0) is 19.2. The lowest BCUT2D eigenvalue weighted by Crippen LogP contribution is -2.59. The van der Waals surface area contributed by atoms with Crippen LogP contribution in [0.2, 0.25) is 0 Å². The van der Waals surface area contributed by atoms with Crippen LogP contribution in [0.25, 0.3) is 0 Å². The SMILES string of the molecule is CCCc1cc(C(=O)N2C[C@@H]3C(C)(C)C[C@]3(CN3CCOCC3)C2)n(C)n1. The molecule has 6 heteroatoms. The third-order valence-corrected chi connectivity index (χ3v) is 6.98. The normalized spacial score (nSPS) is 30.2. The molecule has 1 aromatic heterocycles. The number of amides is 1. The van der Waals surface area contributed by atoms with Gasteiger partial charge in [-0.05, 0) is 30.2 Å². The third kappa shape index (κ3) is 3.31. The summed E-state index contributed by atoms with van der Waals surface area (Å²) in [5.41, 5.74) is 2.33. The molecule has 1 amide bonds. The Hall–Kier alpha value is -1.40. The lowest BCUT2D eigenvalue weighted by Gasteiger charge is -2.58. The molecule has 4 rings (SSSR count). The van der Waals surface area contributed by atoms with Gasteiger partial charge in [-0.2, -0.15) is 5.10 Å². The fourth-order valence-electron chi connectivity index (χ4n) is 5.97. The van der Waals surface area contributed by atoms with E-state index >= 15 is 0 Å². The first kappa shape index (κ1) is 18.9. The fraction of sp³-hybridized carbons (Fsp3) is 0.810. The molecule has 1 saturated carbocycles. The molecule has 0 N–H and O–H groups in total. The van der Waals surface area contributed by atoms with E-state index in [4.69, 9.17) is 4.74 Å². The third-order valence-electron chi connectivity index (χ3n) is 6.98. The molecule has 27 heavy (non-hydrogen) atoms. The first-order chi connectivity index (χ1) is 12.8. The van der Waals surface area contributed by atoms with Crippen molar-refractivity contribution in [3.63, 3.8) is 0 Å². The summed E-state index contributed by atoms with van der Waals surface area (Å²) in [6, 6.07) is 1.99. The highest BCUT2D eigenvalue weighted by molar-refractivity contribution is 5.93.